The number of hydrogen-bond acceptors (Lipinski definition) is 3. The van der Waals surface area contributed by atoms with Gasteiger partial charge in [0.1, 0.15) is 11.5 Å². The van der Waals surface area contributed by atoms with Gasteiger partial charge in [0.25, 0.3) is 5.91 Å². The summed E-state index contributed by atoms with van der Waals surface area (Å²) in [6.07, 6.45) is 2.09. The Morgan fingerprint density at radius 2 is 2.04 bits per heavy atom. The summed E-state index contributed by atoms with van der Waals surface area (Å²) in [5.41, 5.74) is 5.04. The van der Waals surface area contributed by atoms with E-state index < -0.39 is 6.10 Å². The molecule has 0 saturated heterocycles. The van der Waals surface area contributed by atoms with Crippen LogP contribution in [-0.4, -0.2) is 28.1 Å². The molecule has 140 valence electrons. The van der Waals surface area contributed by atoms with Gasteiger partial charge in [-0.1, -0.05) is 11.6 Å². The molecule has 0 bridgehead atoms. The van der Waals surface area contributed by atoms with Crippen LogP contribution in [0.25, 0.3) is 10.9 Å². The number of aryl methyl sites for hydroxylation is 2. The minimum atomic E-state index is -0.596. The first kappa shape index (κ1) is 17.5. The highest BCUT2D eigenvalue weighted by Gasteiger charge is 2.25. The van der Waals surface area contributed by atoms with Crippen molar-refractivity contribution in [2.75, 3.05) is 0 Å². The Bertz CT molecular complexity index is 975. The van der Waals surface area contributed by atoms with Crippen molar-refractivity contribution in [2.45, 2.75) is 45.3 Å². The number of aromatic hydroxyl groups is 1. The molecule has 1 aromatic heterocycles. The first-order valence-electron chi connectivity index (χ1n) is 9.36. The minimum absolute atomic E-state index is 0.102. The summed E-state index contributed by atoms with van der Waals surface area (Å²) in [5.74, 6) is 0.613. The number of ether oxygens (including phenoxy) is 1. The second-order valence-corrected chi connectivity index (χ2v) is 7.33. The maximum Gasteiger partial charge on any atom is 0.261 e. The zero-order valence-corrected chi connectivity index (χ0v) is 15.6. The SMILES string of the molecule is Cc1ccc2[nH]c3c(c2c1)CCC(NC(=O)C(C)Oc1ccc(O)cc1)C3. The molecule has 2 unspecified atom stereocenters. The van der Waals surface area contributed by atoms with E-state index in [1.165, 1.54) is 27.7 Å². The van der Waals surface area contributed by atoms with Crippen LogP contribution in [0.2, 0.25) is 0 Å². The average Bonchev–Trinajstić information content (AvgIpc) is 3.00. The number of carbonyl (C=O) groups excluding carboxylic acids is 1. The van der Waals surface area contributed by atoms with Gasteiger partial charge in [-0.3, -0.25) is 4.79 Å². The molecule has 0 saturated carbocycles. The molecule has 2 aromatic carbocycles. The lowest BCUT2D eigenvalue weighted by Crippen LogP contribution is -2.44. The Morgan fingerprint density at radius 3 is 2.81 bits per heavy atom. The smallest absolute Gasteiger partial charge is 0.261 e. The van der Waals surface area contributed by atoms with E-state index in [-0.39, 0.29) is 17.7 Å². The van der Waals surface area contributed by atoms with Crippen LogP contribution in [0.1, 0.15) is 30.2 Å². The molecular formula is C22H24N2O3. The van der Waals surface area contributed by atoms with Crippen molar-refractivity contribution >= 4 is 16.8 Å². The molecule has 1 aliphatic carbocycles. The van der Waals surface area contributed by atoms with Crippen molar-refractivity contribution in [3.05, 3.63) is 59.3 Å². The molecule has 27 heavy (non-hydrogen) atoms. The van der Waals surface area contributed by atoms with Crippen LogP contribution in [0.15, 0.2) is 42.5 Å². The van der Waals surface area contributed by atoms with Gasteiger partial charge in [0, 0.05) is 29.1 Å². The van der Waals surface area contributed by atoms with E-state index in [1.807, 2.05) is 0 Å². The summed E-state index contributed by atoms with van der Waals surface area (Å²) in [6, 6.07) is 13.0. The van der Waals surface area contributed by atoms with E-state index in [4.69, 9.17) is 4.74 Å². The first-order valence-corrected chi connectivity index (χ1v) is 9.36. The fourth-order valence-corrected chi connectivity index (χ4v) is 3.77. The number of phenols is 1. The van der Waals surface area contributed by atoms with Gasteiger partial charge in [-0.2, -0.15) is 0 Å². The predicted molar refractivity (Wildman–Crippen MR) is 105 cm³/mol. The fraction of sp³-hybridized carbons (Fsp3) is 0.318. The number of aromatic amines is 1. The van der Waals surface area contributed by atoms with E-state index in [0.717, 1.165) is 19.3 Å². The molecule has 4 rings (SSSR count). The second kappa shape index (κ2) is 6.99. The third kappa shape index (κ3) is 3.63. The summed E-state index contributed by atoms with van der Waals surface area (Å²) in [6.45, 7) is 3.85. The Kier molecular flexibility index (Phi) is 4.52. The molecule has 0 radical (unpaired) electrons. The van der Waals surface area contributed by atoms with Gasteiger partial charge in [-0.25, -0.2) is 0 Å². The Balaban J connectivity index is 1.41. The zero-order chi connectivity index (χ0) is 19.0. The van der Waals surface area contributed by atoms with Crippen LogP contribution in [0.4, 0.5) is 0 Å². The molecule has 1 heterocycles. The van der Waals surface area contributed by atoms with E-state index in [0.29, 0.717) is 5.75 Å². The van der Waals surface area contributed by atoms with Crippen molar-refractivity contribution < 1.29 is 14.6 Å². The maximum absolute atomic E-state index is 12.5. The molecule has 1 aliphatic rings. The molecule has 5 heteroatoms. The lowest BCUT2D eigenvalue weighted by molar-refractivity contribution is -0.128. The van der Waals surface area contributed by atoms with Crippen LogP contribution >= 0.6 is 0 Å². The number of nitrogens with one attached hydrogen (secondary N) is 2. The van der Waals surface area contributed by atoms with Gasteiger partial charge in [-0.15, -0.1) is 0 Å². The van der Waals surface area contributed by atoms with Crippen LogP contribution in [0.3, 0.4) is 0 Å². The number of aromatic nitrogens is 1. The van der Waals surface area contributed by atoms with Crippen LogP contribution in [0, 0.1) is 6.92 Å². The standard InChI is InChI=1S/C22H24N2O3/c1-13-3-10-20-19(11-13)18-9-4-15(12-21(18)24-20)23-22(26)14(2)27-17-7-5-16(25)6-8-17/h3,5-8,10-11,14-15,24-25H,4,9,12H2,1-2H3,(H,23,26). The summed E-state index contributed by atoms with van der Waals surface area (Å²) >= 11 is 0. The Hall–Kier alpha value is -2.95. The molecule has 5 nitrogen and oxygen atoms in total. The molecule has 0 aliphatic heterocycles. The Labute approximate surface area is 158 Å². The van der Waals surface area contributed by atoms with E-state index in [2.05, 4.69) is 35.4 Å². The van der Waals surface area contributed by atoms with Crippen molar-refractivity contribution in [1.82, 2.24) is 10.3 Å². The van der Waals surface area contributed by atoms with Gasteiger partial charge in [0.15, 0.2) is 6.10 Å². The van der Waals surface area contributed by atoms with Crippen molar-refractivity contribution in [1.29, 1.82) is 0 Å². The first-order chi connectivity index (χ1) is 13.0. The highest BCUT2D eigenvalue weighted by Crippen LogP contribution is 2.30. The quantitative estimate of drug-likeness (QED) is 0.662. The number of H-pyrrole nitrogens is 1. The molecular weight excluding hydrogens is 340 g/mol. The summed E-state index contributed by atoms with van der Waals surface area (Å²) in [7, 11) is 0. The highest BCUT2D eigenvalue weighted by molar-refractivity contribution is 5.86. The van der Waals surface area contributed by atoms with Crippen molar-refractivity contribution in [3.8, 4) is 11.5 Å². The summed E-state index contributed by atoms with van der Waals surface area (Å²) < 4.78 is 5.67. The topological polar surface area (TPSA) is 74.4 Å². The molecule has 2 atom stereocenters. The van der Waals surface area contributed by atoms with E-state index in [1.54, 1.807) is 31.2 Å². The third-order valence-corrected chi connectivity index (χ3v) is 5.21. The predicted octanol–water partition coefficient (Wildman–Crippen LogP) is 3.62. The van der Waals surface area contributed by atoms with Gasteiger partial charge in [-0.05, 0) is 68.7 Å². The van der Waals surface area contributed by atoms with E-state index >= 15 is 0 Å². The van der Waals surface area contributed by atoms with Gasteiger partial charge in [0.2, 0.25) is 0 Å². The lowest BCUT2D eigenvalue weighted by atomic mass is 9.91. The molecule has 3 aromatic rings. The fourth-order valence-electron chi connectivity index (χ4n) is 3.77. The number of amides is 1. The van der Waals surface area contributed by atoms with Crippen LogP contribution in [-0.2, 0) is 17.6 Å². The molecule has 3 N–H and O–H groups in total. The summed E-state index contributed by atoms with van der Waals surface area (Å²) in [4.78, 5) is 16.0. The van der Waals surface area contributed by atoms with Crippen molar-refractivity contribution in [2.24, 2.45) is 0 Å². The molecule has 0 spiro atoms. The zero-order valence-electron chi connectivity index (χ0n) is 15.6. The maximum atomic E-state index is 12.5. The molecule has 1 amide bonds. The number of hydrogen-bond donors (Lipinski definition) is 3. The molecule has 0 fully saturated rings. The van der Waals surface area contributed by atoms with Crippen LogP contribution < -0.4 is 10.1 Å². The van der Waals surface area contributed by atoms with Crippen molar-refractivity contribution in [3.63, 3.8) is 0 Å². The monoisotopic (exact) mass is 364 g/mol. The number of fused-ring (bicyclic) bond motifs is 3. The highest BCUT2D eigenvalue weighted by atomic mass is 16.5. The number of carbonyl (C=O) groups is 1. The van der Waals surface area contributed by atoms with E-state index in [9.17, 15) is 9.90 Å². The third-order valence-electron chi connectivity index (χ3n) is 5.21. The average molecular weight is 364 g/mol. The normalized spacial score (nSPS) is 17.3. The van der Waals surface area contributed by atoms with Gasteiger partial charge < -0.3 is 20.1 Å². The van der Waals surface area contributed by atoms with Crippen LogP contribution in [0.5, 0.6) is 11.5 Å². The minimum Gasteiger partial charge on any atom is -0.508 e. The van der Waals surface area contributed by atoms with Gasteiger partial charge in [0.05, 0.1) is 0 Å². The Morgan fingerprint density at radius 1 is 1.26 bits per heavy atom. The summed E-state index contributed by atoms with van der Waals surface area (Å²) in [5, 5.41) is 13.7. The lowest BCUT2D eigenvalue weighted by Gasteiger charge is -2.25. The van der Waals surface area contributed by atoms with Gasteiger partial charge >= 0.3 is 0 Å². The number of rotatable bonds is 4. The number of benzene rings is 2. The second-order valence-electron chi connectivity index (χ2n) is 7.33. The largest absolute Gasteiger partial charge is 0.508 e. The number of phenolic OH excluding ortho intramolecular Hbond substituents is 1.